The van der Waals surface area contributed by atoms with E-state index in [-0.39, 0.29) is 42.7 Å². The number of carbonyl (C=O) groups is 5. The lowest BCUT2D eigenvalue weighted by molar-refractivity contribution is -0.134. The molecule has 0 saturated heterocycles. The molecule has 15 heteroatoms. The zero-order valence-corrected chi connectivity index (χ0v) is 25.3. The van der Waals surface area contributed by atoms with Gasteiger partial charge in [0.1, 0.15) is 24.2 Å². The summed E-state index contributed by atoms with van der Waals surface area (Å²) in [6, 6.07) is 1.51. The second kappa shape index (κ2) is 18.2. The van der Waals surface area contributed by atoms with Crippen molar-refractivity contribution >= 4 is 41.2 Å². The topological polar surface area (TPSA) is 270 Å². The van der Waals surface area contributed by atoms with Gasteiger partial charge in [-0.3, -0.25) is 29.0 Å². The van der Waals surface area contributed by atoms with Crippen molar-refractivity contribution < 1.29 is 29.1 Å². The number of benzene rings is 1. The Morgan fingerprint density at radius 3 is 1.86 bits per heavy atom. The molecule has 0 aliphatic carbocycles. The average Bonchev–Trinajstić information content (AvgIpc) is 2.91. The van der Waals surface area contributed by atoms with Crippen LogP contribution in [0.2, 0.25) is 0 Å². The van der Waals surface area contributed by atoms with Crippen LogP contribution in [0.25, 0.3) is 0 Å². The summed E-state index contributed by atoms with van der Waals surface area (Å²) in [4.78, 5) is 68.2. The second-order valence-electron chi connectivity index (χ2n) is 11.1. The van der Waals surface area contributed by atoms with E-state index in [1.807, 2.05) is 27.7 Å². The highest BCUT2D eigenvalue weighted by atomic mass is 16.3. The molecule has 0 aliphatic heterocycles. The van der Waals surface area contributed by atoms with Gasteiger partial charge in [-0.05, 0) is 55.7 Å². The molecule has 5 amide bonds. The third kappa shape index (κ3) is 13.9. The number of nitrogens with zero attached hydrogens (tertiary/aromatic N) is 1. The number of nitrogens with two attached hydrogens (primary N) is 4. The molecule has 240 valence electrons. The highest BCUT2D eigenvalue weighted by Crippen LogP contribution is 2.10. The second-order valence-corrected chi connectivity index (χ2v) is 11.1. The third-order valence-corrected chi connectivity index (χ3v) is 6.24. The molecule has 0 heterocycles. The van der Waals surface area contributed by atoms with Crippen LogP contribution in [0.3, 0.4) is 0 Å². The number of aliphatic hydroxyl groups is 1. The number of amides is 5. The average molecular weight is 606 g/mol. The maximum Gasteiger partial charge on any atom is 0.252 e. The zero-order chi connectivity index (χ0) is 32.7. The highest BCUT2D eigenvalue weighted by Gasteiger charge is 2.31. The first kappa shape index (κ1) is 36.6. The molecule has 0 fully saturated rings. The number of carbonyl (C=O) groups excluding carboxylic acids is 5. The maximum absolute atomic E-state index is 13.4. The lowest BCUT2D eigenvalue weighted by Gasteiger charge is -2.27. The Hall–Kier alpha value is -4.40. The minimum atomic E-state index is -1.37. The van der Waals surface area contributed by atoms with Crippen molar-refractivity contribution in [1.29, 1.82) is 0 Å². The van der Waals surface area contributed by atoms with Crippen molar-refractivity contribution in [2.45, 2.75) is 77.5 Å². The molecule has 0 radical (unpaired) electrons. The number of hydrogen-bond donors (Lipinski definition) is 9. The quantitative estimate of drug-likeness (QED) is 0.0405. The summed E-state index contributed by atoms with van der Waals surface area (Å²) in [7, 11) is 0. The van der Waals surface area contributed by atoms with Gasteiger partial charge in [0.25, 0.3) is 5.91 Å². The largest absolute Gasteiger partial charge is 0.399 e. The van der Waals surface area contributed by atoms with Crippen molar-refractivity contribution in [2.24, 2.45) is 34.0 Å². The summed E-state index contributed by atoms with van der Waals surface area (Å²) < 4.78 is 0. The fourth-order valence-electron chi connectivity index (χ4n) is 4.13. The summed E-state index contributed by atoms with van der Waals surface area (Å²) in [5.74, 6) is -3.62. The molecule has 4 atom stereocenters. The van der Waals surface area contributed by atoms with E-state index in [9.17, 15) is 29.1 Å². The molecule has 0 aromatic heterocycles. The Morgan fingerprint density at radius 1 is 0.791 bits per heavy atom. The lowest BCUT2D eigenvalue weighted by Crippen LogP contribution is -2.58. The van der Waals surface area contributed by atoms with Gasteiger partial charge < -0.3 is 49.3 Å². The molecular formula is C28H47N9O6. The van der Waals surface area contributed by atoms with E-state index in [2.05, 4.69) is 26.3 Å². The summed E-state index contributed by atoms with van der Waals surface area (Å²) in [6.07, 6.45) is 0.898. The third-order valence-electron chi connectivity index (χ3n) is 6.24. The van der Waals surface area contributed by atoms with E-state index in [4.69, 9.17) is 22.9 Å². The molecule has 1 aromatic rings. The number of nitrogen functional groups attached to an aromatic ring is 1. The number of nitrogens with one attached hydrogen (secondary N) is 4. The summed E-state index contributed by atoms with van der Waals surface area (Å²) in [5.41, 5.74) is 22.5. The number of anilines is 1. The van der Waals surface area contributed by atoms with Crippen molar-refractivity contribution in [3.63, 3.8) is 0 Å². The van der Waals surface area contributed by atoms with Gasteiger partial charge in [-0.1, -0.05) is 33.8 Å². The smallest absolute Gasteiger partial charge is 0.252 e. The standard InChI is InChI=1S/C28H47N9O6/c1-15(2)11-20(23(30)39)35-25(41)19(9-6-10-33-28(31)32)34-26(42)21(12-16(3)4)36-27(43)22(14-38)37-24(40)17-7-5-8-18(29)13-17/h5,7-8,13,15-16,19-22,38H,6,9-12,14,29H2,1-4H3,(H2,30,39)(H,34,42)(H,35,41)(H,36,43)(H,37,40)(H4,31,32,33)/t19-,20-,21-,22-/m0/s1. The minimum absolute atomic E-state index is 0.0533. The van der Waals surface area contributed by atoms with Crippen LogP contribution < -0.4 is 44.2 Å². The Kier molecular flexibility index (Phi) is 15.5. The molecule has 13 N–H and O–H groups in total. The van der Waals surface area contributed by atoms with Crippen molar-refractivity contribution in [1.82, 2.24) is 21.3 Å². The Bertz CT molecular complexity index is 1140. The van der Waals surface area contributed by atoms with Crippen molar-refractivity contribution in [3.05, 3.63) is 29.8 Å². The fourth-order valence-corrected chi connectivity index (χ4v) is 4.13. The Morgan fingerprint density at radius 2 is 1.33 bits per heavy atom. The molecule has 43 heavy (non-hydrogen) atoms. The van der Waals surface area contributed by atoms with Crippen LogP contribution >= 0.6 is 0 Å². The van der Waals surface area contributed by atoms with Crippen LogP contribution in [-0.4, -0.2) is 77.9 Å². The first-order valence-corrected chi connectivity index (χ1v) is 14.2. The van der Waals surface area contributed by atoms with Crippen molar-refractivity contribution in [2.75, 3.05) is 18.9 Å². The number of guanidine groups is 1. The highest BCUT2D eigenvalue weighted by molar-refractivity contribution is 5.99. The monoisotopic (exact) mass is 605 g/mol. The zero-order valence-electron chi connectivity index (χ0n) is 25.3. The van der Waals surface area contributed by atoms with Crippen LogP contribution in [-0.2, 0) is 19.2 Å². The predicted molar refractivity (Wildman–Crippen MR) is 163 cm³/mol. The van der Waals surface area contributed by atoms with Gasteiger partial charge in [0.15, 0.2) is 5.96 Å². The van der Waals surface area contributed by atoms with Gasteiger partial charge in [0, 0.05) is 17.8 Å². The van der Waals surface area contributed by atoms with Gasteiger partial charge >= 0.3 is 0 Å². The first-order valence-electron chi connectivity index (χ1n) is 14.2. The van der Waals surface area contributed by atoms with Gasteiger partial charge in [0.2, 0.25) is 23.6 Å². The molecule has 0 bridgehead atoms. The van der Waals surface area contributed by atoms with Crippen molar-refractivity contribution in [3.8, 4) is 0 Å². The van der Waals surface area contributed by atoms with E-state index >= 15 is 0 Å². The van der Waals surface area contributed by atoms with E-state index in [1.165, 1.54) is 12.1 Å². The van der Waals surface area contributed by atoms with Crippen LogP contribution in [0.15, 0.2) is 29.3 Å². The fraction of sp³-hybridized carbons (Fsp3) is 0.571. The number of primary amides is 1. The van der Waals surface area contributed by atoms with Crippen LogP contribution in [0.4, 0.5) is 5.69 Å². The molecule has 0 spiro atoms. The predicted octanol–water partition coefficient (Wildman–Crippen LogP) is -1.55. The van der Waals surface area contributed by atoms with Crippen LogP contribution in [0.1, 0.15) is 63.7 Å². The van der Waals surface area contributed by atoms with E-state index in [0.717, 1.165) is 0 Å². The maximum atomic E-state index is 13.4. The van der Waals surface area contributed by atoms with Crippen LogP contribution in [0.5, 0.6) is 0 Å². The SMILES string of the molecule is CC(C)C[C@H](NC(=O)[C@H](CCCN=C(N)N)NC(=O)[C@H](CC(C)C)NC(=O)[C@H](CO)NC(=O)c1cccc(N)c1)C(N)=O. The number of aliphatic imine (C=N–C) groups is 1. The first-order chi connectivity index (χ1) is 20.1. The summed E-state index contributed by atoms with van der Waals surface area (Å²) >= 11 is 0. The van der Waals surface area contributed by atoms with Gasteiger partial charge in [-0.2, -0.15) is 0 Å². The molecule has 1 aromatic carbocycles. The Balaban J connectivity index is 3.11. The lowest BCUT2D eigenvalue weighted by atomic mass is 10.0. The number of hydrogen-bond acceptors (Lipinski definition) is 8. The number of rotatable bonds is 18. The van der Waals surface area contributed by atoms with Gasteiger partial charge in [-0.15, -0.1) is 0 Å². The van der Waals surface area contributed by atoms with Gasteiger partial charge in [-0.25, -0.2) is 0 Å². The van der Waals surface area contributed by atoms with E-state index in [1.54, 1.807) is 12.1 Å². The molecule has 0 aliphatic rings. The number of aliphatic hydroxyl groups excluding tert-OH is 1. The van der Waals surface area contributed by atoms with Gasteiger partial charge in [0.05, 0.1) is 6.61 Å². The summed E-state index contributed by atoms with van der Waals surface area (Å²) in [5, 5.41) is 20.1. The summed E-state index contributed by atoms with van der Waals surface area (Å²) in [6.45, 7) is 6.85. The molecular weight excluding hydrogens is 558 g/mol. The molecule has 15 nitrogen and oxygen atoms in total. The normalized spacial score (nSPS) is 13.7. The Labute approximate surface area is 252 Å². The molecule has 1 rings (SSSR count). The van der Waals surface area contributed by atoms with E-state index < -0.39 is 60.3 Å². The van der Waals surface area contributed by atoms with E-state index in [0.29, 0.717) is 18.5 Å². The van der Waals surface area contributed by atoms with Crippen LogP contribution in [0, 0.1) is 11.8 Å². The molecule has 0 unspecified atom stereocenters. The minimum Gasteiger partial charge on any atom is -0.399 e. The molecule has 0 saturated carbocycles.